The number of nitrogens with zero attached hydrogens (tertiary/aromatic N) is 3. The Morgan fingerprint density at radius 3 is 2.56 bits per heavy atom. The van der Waals surface area contributed by atoms with Crippen LogP contribution in [0.3, 0.4) is 0 Å². The monoisotopic (exact) mass is 247 g/mol. The van der Waals surface area contributed by atoms with Crippen molar-refractivity contribution in [2.45, 2.75) is 19.3 Å². The molecule has 3 N–H and O–H groups in total. The van der Waals surface area contributed by atoms with Gasteiger partial charge >= 0.3 is 0 Å². The average Bonchev–Trinajstić information content (AvgIpc) is 2.99. The third-order valence-electron chi connectivity index (χ3n) is 4.03. The minimum absolute atomic E-state index is 0.0135. The number of hydrogen-bond donors (Lipinski definition) is 2. The fourth-order valence-corrected chi connectivity index (χ4v) is 3.08. The number of hydrogen-bond acceptors (Lipinski definition) is 5. The second-order valence-electron chi connectivity index (χ2n) is 5.09. The van der Waals surface area contributed by atoms with Crippen molar-refractivity contribution in [2.75, 3.05) is 18.5 Å². The number of anilines is 1. The van der Waals surface area contributed by atoms with Gasteiger partial charge in [-0.2, -0.15) is 0 Å². The van der Waals surface area contributed by atoms with Crippen LogP contribution in [0.2, 0.25) is 0 Å². The van der Waals surface area contributed by atoms with Crippen LogP contribution >= 0.6 is 0 Å². The summed E-state index contributed by atoms with van der Waals surface area (Å²) in [6.07, 6.45) is 6.79. The molecule has 6 heteroatoms. The largest absolute Gasteiger partial charge is 0.337 e. The number of nitrogen functional groups attached to an aromatic ring is 1. The summed E-state index contributed by atoms with van der Waals surface area (Å²) in [5.41, 5.74) is 2.79. The number of amides is 1. The van der Waals surface area contributed by atoms with Crippen LogP contribution in [-0.4, -0.2) is 33.9 Å². The molecule has 96 valence electrons. The second-order valence-corrected chi connectivity index (χ2v) is 5.09. The molecule has 1 aliphatic heterocycles. The number of rotatable bonds is 2. The third kappa shape index (κ3) is 1.92. The van der Waals surface area contributed by atoms with Crippen molar-refractivity contribution in [3.63, 3.8) is 0 Å². The molecule has 0 spiro atoms. The molecule has 0 radical (unpaired) electrons. The Morgan fingerprint density at radius 2 is 2.00 bits per heavy atom. The van der Waals surface area contributed by atoms with Crippen molar-refractivity contribution in [3.8, 4) is 0 Å². The van der Waals surface area contributed by atoms with E-state index in [1.165, 1.54) is 31.7 Å². The lowest BCUT2D eigenvalue weighted by molar-refractivity contribution is 0.0774. The highest BCUT2D eigenvalue weighted by molar-refractivity contribution is 5.92. The maximum absolute atomic E-state index is 12.2. The van der Waals surface area contributed by atoms with Crippen molar-refractivity contribution in [1.29, 1.82) is 0 Å². The Hall–Kier alpha value is -1.69. The van der Waals surface area contributed by atoms with Gasteiger partial charge in [0.25, 0.3) is 5.91 Å². The van der Waals surface area contributed by atoms with E-state index in [1.54, 1.807) is 0 Å². The summed E-state index contributed by atoms with van der Waals surface area (Å²) in [7, 11) is 0. The predicted octanol–water partition coefficient (Wildman–Crippen LogP) is 0.634. The standard InChI is InChI=1S/C12H17N5O/c13-16-11-5-14-10(4-15-11)12(18)17-6-8-2-1-3-9(8)7-17/h4-5,8-9H,1-3,6-7,13H2,(H,15,16). The molecule has 2 atom stereocenters. The summed E-state index contributed by atoms with van der Waals surface area (Å²) in [4.78, 5) is 22.3. The molecule has 1 aromatic heterocycles. The normalized spacial score (nSPS) is 26.2. The zero-order chi connectivity index (χ0) is 12.5. The van der Waals surface area contributed by atoms with Gasteiger partial charge in [0, 0.05) is 13.1 Å². The number of fused-ring (bicyclic) bond motifs is 1. The van der Waals surface area contributed by atoms with Crippen molar-refractivity contribution in [1.82, 2.24) is 14.9 Å². The van der Waals surface area contributed by atoms with Gasteiger partial charge in [-0.1, -0.05) is 6.42 Å². The molecular formula is C12H17N5O. The minimum atomic E-state index is -0.0135. The summed E-state index contributed by atoms with van der Waals surface area (Å²) >= 11 is 0. The Bertz CT molecular complexity index is 434. The fraction of sp³-hybridized carbons (Fsp3) is 0.583. The molecule has 18 heavy (non-hydrogen) atoms. The number of hydrazine groups is 1. The van der Waals surface area contributed by atoms with E-state index in [2.05, 4.69) is 15.4 Å². The van der Waals surface area contributed by atoms with Gasteiger partial charge in [-0.15, -0.1) is 0 Å². The number of nitrogens with one attached hydrogen (secondary N) is 1. The number of likely N-dealkylation sites (tertiary alicyclic amines) is 1. The molecule has 0 aromatic carbocycles. The first-order valence-electron chi connectivity index (χ1n) is 6.36. The quantitative estimate of drug-likeness (QED) is 0.591. The van der Waals surface area contributed by atoms with Crippen LogP contribution in [0.5, 0.6) is 0 Å². The van der Waals surface area contributed by atoms with E-state index < -0.39 is 0 Å². The lowest BCUT2D eigenvalue weighted by atomic mass is 10.0. The first kappa shape index (κ1) is 11.4. The van der Waals surface area contributed by atoms with Crippen LogP contribution in [0.4, 0.5) is 5.82 Å². The van der Waals surface area contributed by atoms with Crippen LogP contribution in [-0.2, 0) is 0 Å². The highest BCUT2D eigenvalue weighted by Crippen LogP contribution is 2.37. The smallest absolute Gasteiger partial charge is 0.274 e. The summed E-state index contributed by atoms with van der Waals surface area (Å²) in [6, 6.07) is 0. The second kappa shape index (κ2) is 4.53. The lowest BCUT2D eigenvalue weighted by Gasteiger charge is -2.16. The maximum Gasteiger partial charge on any atom is 0.274 e. The zero-order valence-electron chi connectivity index (χ0n) is 10.2. The molecule has 2 aliphatic rings. The molecule has 2 fully saturated rings. The van der Waals surface area contributed by atoms with E-state index in [0.29, 0.717) is 23.3 Å². The van der Waals surface area contributed by atoms with Crippen molar-refractivity contribution >= 4 is 11.7 Å². The number of carbonyl (C=O) groups excluding carboxylic acids is 1. The van der Waals surface area contributed by atoms with Gasteiger partial charge in [0.1, 0.15) is 5.69 Å². The Kier molecular flexibility index (Phi) is 2.87. The highest BCUT2D eigenvalue weighted by Gasteiger charge is 2.38. The average molecular weight is 247 g/mol. The van der Waals surface area contributed by atoms with E-state index in [4.69, 9.17) is 5.84 Å². The molecule has 1 aromatic rings. The van der Waals surface area contributed by atoms with Gasteiger partial charge in [-0.05, 0) is 24.7 Å². The van der Waals surface area contributed by atoms with Crippen molar-refractivity contribution in [3.05, 3.63) is 18.1 Å². The molecule has 2 heterocycles. The Balaban J connectivity index is 1.70. The third-order valence-corrected chi connectivity index (χ3v) is 4.03. The molecule has 0 bridgehead atoms. The van der Waals surface area contributed by atoms with E-state index in [0.717, 1.165) is 13.1 Å². The highest BCUT2D eigenvalue weighted by atomic mass is 16.2. The summed E-state index contributed by atoms with van der Waals surface area (Å²) < 4.78 is 0. The molecule has 1 saturated heterocycles. The molecular weight excluding hydrogens is 230 g/mol. The van der Waals surface area contributed by atoms with Crippen LogP contribution < -0.4 is 11.3 Å². The molecule has 1 saturated carbocycles. The van der Waals surface area contributed by atoms with Gasteiger partial charge < -0.3 is 10.3 Å². The van der Waals surface area contributed by atoms with Crippen LogP contribution in [0.15, 0.2) is 12.4 Å². The van der Waals surface area contributed by atoms with E-state index >= 15 is 0 Å². The summed E-state index contributed by atoms with van der Waals surface area (Å²) in [5.74, 6) is 7.06. The summed E-state index contributed by atoms with van der Waals surface area (Å²) in [6.45, 7) is 1.75. The summed E-state index contributed by atoms with van der Waals surface area (Å²) in [5, 5.41) is 0. The predicted molar refractivity (Wildman–Crippen MR) is 66.6 cm³/mol. The molecule has 1 amide bonds. The first-order chi connectivity index (χ1) is 8.78. The van der Waals surface area contributed by atoms with Crippen LogP contribution in [0, 0.1) is 11.8 Å². The van der Waals surface area contributed by atoms with Crippen LogP contribution in [0.25, 0.3) is 0 Å². The zero-order valence-corrected chi connectivity index (χ0v) is 10.2. The van der Waals surface area contributed by atoms with Crippen molar-refractivity contribution < 1.29 is 4.79 Å². The first-order valence-corrected chi connectivity index (χ1v) is 6.36. The number of nitrogens with two attached hydrogens (primary N) is 1. The topological polar surface area (TPSA) is 84.1 Å². The van der Waals surface area contributed by atoms with Gasteiger partial charge in [-0.25, -0.2) is 15.8 Å². The van der Waals surface area contributed by atoms with Gasteiger partial charge in [-0.3, -0.25) is 4.79 Å². The Morgan fingerprint density at radius 1 is 1.28 bits per heavy atom. The van der Waals surface area contributed by atoms with Gasteiger partial charge in [0.05, 0.1) is 12.4 Å². The number of aromatic nitrogens is 2. The number of carbonyl (C=O) groups is 1. The van der Waals surface area contributed by atoms with Crippen LogP contribution in [0.1, 0.15) is 29.8 Å². The molecule has 3 rings (SSSR count). The maximum atomic E-state index is 12.2. The molecule has 1 aliphatic carbocycles. The minimum Gasteiger partial charge on any atom is -0.337 e. The lowest BCUT2D eigenvalue weighted by Crippen LogP contribution is -2.30. The molecule has 2 unspecified atom stereocenters. The van der Waals surface area contributed by atoms with Gasteiger partial charge in [0.15, 0.2) is 5.82 Å². The van der Waals surface area contributed by atoms with E-state index in [1.807, 2.05) is 4.90 Å². The Labute approximate surface area is 106 Å². The van der Waals surface area contributed by atoms with E-state index in [9.17, 15) is 4.79 Å². The SMILES string of the molecule is NNc1cnc(C(=O)N2CC3CCCC3C2)cn1. The van der Waals surface area contributed by atoms with E-state index in [-0.39, 0.29) is 5.91 Å². The fourth-order valence-electron chi connectivity index (χ4n) is 3.08. The molecule has 6 nitrogen and oxygen atoms in total. The van der Waals surface area contributed by atoms with Gasteiger partial charge in [0.2, 0.25) is 0 Å². The van der Waals surface area contributed by atoms with Crippen molar-refractivity contribution in [2.24, 2.45) is 17.7 Å².